The van der Waals surface area contributed by atoms with Gasteiger partial charge in [0.1, 0.15) is 0 Å². The first kappa shape index (κ1) is 39.6. The van der Waals surface area contributed by atoms with Crippen molar-refractivity contribution in [3.8, 4) is 0 Å². The van der Waals surface area contributed by atoms with Crippen LogP contribution in [0.25, 0.3) is 21.8 Å². The Hall–Kier alpha value is -4.66. The lowest BCUT2D eigenvalue weighted by Crippen LogP contribution is -2.51. The second-order valence-corrected chi connectivity index (χ2v) is 19.1. The van der Waals surface area contributed by atoms with Gasteiger partial charge in [0.15, 0.2) is 5.78 Å². The van der Waals surface area contributed by atoms with E-state index in [1.165, 1.54) is 11.0 Å². The van der Waals surface area contributed by atoms with Crippen molar-refractivity contribution in [1.82, 2.24) is 24.4 Å². The minimum absolute atomic E-state index is 0.00652. The number of hydrogen-bond donors (Lipinski definition) is 2. The molecule has 15 heteroatoms. The summed E-state index contributed by atoms with van der Waals surface area (Å²) in [6.45, 7) is 8.40. The molecule has 1 aromatic heterocycles. The second kappa shape index (κ2) is 14.4. The largest absolute Gasteiger partial charge is 0.337 e. The lowest BCUT2D eigenvalue weighted by atomic mass is 9.77. The van der Waals surface area contributed by atoms with E-state index in [0.29, 0.717) is 23.9 Å². The van der Waals surface area contributed by atoms with Gasteiger partial charge in [0.2, 0.25) is 27.7 Å². The topological polar surface area (TPSA) is 155 Å². The van der Waals surface area contributed by atoms with E-state index in [9.17, 15) is 41.2 Å². The van der Waals surface area contributed by atoms with Gasteiger partial charge in [-0.1, -0.05) is 63.2 Å². The Kier molecular flexibility index (Phi) is 10.2. The van der Waals surface area contributed by atoms with Crippen molar-refractivity contribution in [3.05, 3.63) is 61.2 Å². The van der Waals surface area contributed by atoms with E-state index in [4.69, 9.17) is 0 Å². The van der Waals surface area contributed by atoms with Crippen LogP contribution in [0.5, 0.6) is 0 Å². The van der Waals surface area contributed by atoms with E-state index in [0.717, 1.165) is 15.7 Å². The maximum absolute atomic E-state index is 14.7. The van der Waals surface area contributed by atoms with E-state index in [1.54, 1.807) is 25.3 Å². The van der Waals surface area contributed by atoms with Gasteiger partial charge in [-0.15, -0.1) is 6.58 Å². The fraction of sp³-hybridized carbons (Fsp3) is 0.537. The van der Waals surface area contributed by atoms with Crippen LogP contribution in [-0.2, 0) is 29.2 Å². The highest BCUT2D eigenvalue weighted by molar-refractivity contribution is 7.90. The maximum atomic E-state index is 14.7. The zero-order valence-electron chi connectivity index (χ0n) is 31.9. The molecule has 56 heavy (non-hydrogen) atoms. The molecule has 5 atom stereocenters. The first-order chi connectivity index (χ1) is 26.3. The van der Waals surface area contributed by atoms with Crippen molar-refractivity contribution in [2.45, 2.75) is 95.4 Å². The highest BCUT2D eigenvalue weighted by atomic mass is 32.2. The molecule has 2 saturated carbocycles. The number of aromatic nitrogens is 1. The summed E-state index contributed by atoms with van der Waals surface area (Å²) >= 11 is 0. The quantitative estimate of drug-likeness (QED) is 0.247. The lowest BCUT2D eigenvalue weighted by molar-refractivity contribution is -0.151. The predicted octanol–water partition coefficient (Wildman–Crippen LogP) is 5.39. The normalized spacial score (nSPS) is 25.5. The number of alkyl halides is 2. The van der Waals surface area contributed by atoms with Crippen LogP contribution >= 0.6 is 0 Å². The summed E-state index contributed by atoms with van der Waals surface area (Å²) in [5.74, 6) is -6.94. The maximum Gasteiger partial charge on any atom is 0.326 e. The number of benzene rings is 2. The third kappa shape index (κ3) is 7.58. The summed E-state index contributed by atoms with van der Waals surface area (Å²) < 4.78 is 57.9. The van der Waals surface area contributed by atoms with Crippen LogP contribution in [0.1, 0.15) is 72.1 Å². The van der Waals surface area contributed by atoms with Gasteiger partial charge >= 0.3 is 6.03 Å². The van der Waals surface area contributed by atoms with Gasteiger partial charge in [-0.25, -0.2) is 22.0 Å². The number of nitrogens with one attached hydrogen (secondary N) is 2. The SMILES string of the molecule is C=C[C@@H]1C[C@]1(CC(=O)[C@@H]1C[C@@H](NC(=O)n2c3ccccc3c3ccccc32)CN1C(=O)[C@@H](CC(=O)N1CCCC(F)(F)C1)C(C)(C)C)C(=O)NS(=O)(=O)C1CC1. The molecule has 7 rings (SSSR count). The minimum atomic E-state index is -3.91. The first-order valence-corrected chi connectivity index (χ1v) is 20.9. The van der Waals surface area contributed by atoms with Crippen LogP contribution in [0.4, 0.5) is 13.6 Å². The molecule has 300 valence electrons. The van der Waals surface area contributed by atoms with E-state index >= 15 is 0 Å². The molecule has 0 unspecified atom stereocenters. The third-order valence-electron chi connectivity index (χ3n) is 12.1. The van der Waals surface area contributed by atoms with Crippen molar-refractivity contribution in [3.63, 3.8) is 0 Å². The fourth-order valence-corrected chi connectivity index (χ4v) is 10.0. The number of halogens is 2. The Morgan fingerprint density at radius 1 is 1.00 bits per heavy atom. The van der Waals surface area contributed by atoms with Gasteiger partial charge in [-0.05, 0) is 55.6 Å². The van der Waals surface area contributed by atoms with E-state index in [-0.39, 0.29) is 51.6 Å². The molecule has 3 aromatic rings. The summed E-state index contributed by atoms with van der Waals surface area (Å²) in [6.07, 6.45) is 1.67. The van der Waals surface area contributed by atoms with Crippen molar-refractivity contribution in [1.29, 1.82) is 0 Å². The van der Waals surface area contributed by atoms with Gasteiger partial charge in [-0.3, -0.25) is 28.5 Å². The number of Topliss-reactive ketones (excluding diaryl/α,β-unsaturated/α-hetero) is 1. The molecule has 4 aliphatic rings. The third-order valence-corrected chi connectivity index (χ3v) is 13.9. The number of likely N-dealkylation sites (tertiary alicyclic amines) is 2. The van der Waals surface area contributed by atoms with Crippen molar-refractivity contribution >= 4 is 61.4 Å². The summed E-state index contributed by atoms with van der Waals surface area (Å²) in [4.78, 5) is 72.9. The van der Waals surface area contributed by atoms with Crippen LogP contribution in [0.2, 0.25) is 0 Å². The van der Waals surface area contributed by atoms with E-state index in [2.05, 4.69) is 16.6 Å². The summed E-state index contributed by atoms with van der Waals surface area (Å²) in [7, 11) is -3.91. The van der Waals surface area contributed by atoms with Crippen LogP contribution in [0.15, 0.2) is 61.2 Å². The number of piperidine rings is 1. The average molecular weight is 794 g/mol. The molecule has 2 aromatic carbocycles. The minimum Gasteiger partial charge on any atom is -0.337 e. The van der Waals surface area contributed by atoms with Crippen LogP contribution in [-0.4, -0.2) is 95.2 Å². The molecule has 0 spiro atoms. The molecule has 3 heterocycles. The number of hydrogen-bond acceptors (Lipinski definition) is 7. The average Bonchev–Trinajstić information content (AvgIpc) is 4.05. The van der Waals surface area contributed by atoms with Gasteiger partial charge in [-0.2, -0.15) is 0 Å². The van der Waals surface area contributed by atoms with Crippen LogP contribution in [0.3, 0.4) is 0 Å². The number of carbonyl (C=O) groups excluding carboxylic acids is 5. The number of rotatable bonds is 11. The van der Waals surface area contributed by atoms with Crippen molar-refractivity contribution in [2.75, 3.05) is 19.6 Å². The summed E-state index contributed by atoms with van der Waals surface area (Å²) in [5.41, 5.74) is -0.889. The highest BCUT2D eigenvalue weighted by Gasteiger charge is 2.61. The lowest BCUT2D eigenvalue weighted by Gasteiger charge is -2.37. The first-order valence-electron chi connectivity index (χ1n) is 19.3. The number of sulfonamides is 1. The molecule has 2 saturated heterocycles. The fourth-order valence-electron chi connectivity index (χ4n) is 8.62. The van der Waals surface area contributed by atoms with E-state index in [1.807, 2.05) is 48.5 Å². The Bertz CT molecular complexity index is 2180. The zero-order chi connectivity index (χ0) is 40.4. The Morgan fingerprint density at radius 2 is 1.62 bits per heavy atom. The van der Waals surface area contributed by atoms with Crippen molar-refractivity contribution < 1.29 is 41.2 Å². The predicted molar refractivity (Wildman–Crippen MR) is 206 cm³/mol. The summed E-state index contributed by atoms with van der Waals surface area (Å²) in [6, 6.07) is 12.6. The Balaban J connectivity index is 1.18. The summed E-state index contributed by atoms with van der Waals surface area (Å²) in [5, 5.41) is 4.11. The number of ketones is 1. The molecule has 0 bridgehead atoms. The molecular formula is C41H49F2N5O7S. The van der Waals surface area contributed by atoms with Gasteiger partial charge in [0, 0.05) is 43.1 Å². The second-order valence-electron chi connectivity index (χ2n) is 17.2. The van der Waals surface area contributed by atoms with E-state index < -0.39 is 92.0 Å². The zero-order valence-corrected chi connectivity index (χ0v) is 32.7. The molecule has 2 aliphatic heterocycles. The van der Waals surface area contributed by atoms with Crippen LogP contribution < -0.4 is 10.0 Å². The number of nitrogens with zero attached hydrogens (tertiary/aromatic N) is 3. The number of amides is 4. The Morgan fingerprint density at radius 3 is 2.18 bits per heavy atom. The molecule has 4 amide bonds. The molecule has 0 radical (unpaired) electrons. The molecule has 2 aliphatic carbocycles. The number of allylic oxidation sites excluding steroid dienone is 1. The van der Waals surface area contributed by atoms with Gasteiger partial charge < -0.3 is 15.1 Å². The monoisotopic (exact) mass is 793 g/mol. The smallest absolute Gasteiger partial charge is 0.326 e. The van der Waals surface area contributed by atoms with Crippen molar-refractivity contribution in [2.24, 2.45) is 22.7 Å². The van der Waals surface area contributed by atoms with Gasteiger partial charge in [0.05, 0.1) is 46.2 Å². The highest BCUT2D eigenvalue weighted by Crippen LogP contribution is 2.57. The molecule has 2 N–H and O–H groups in total. The standard InChI is InChI=1S/C41H49F2N5O7S/c1-5-25-21-40(25,37(52)45-56(54,55)27-15-16-27)22-34(49)33-19-26(44-38(53)48-31-13-8-6-11-28(31)29-12-7-9-14-32(29)48)23-47(33)36(51)30(39(2,3)4)20-35(50)46-18-10-17-41(42,43)24-46/h5-9,11-14,25-27,30,33H,1,10,15-24H2,2-4H3,(H,44,53)(H,45,52)/t25-,26-,30-,33+,40-/m1/s1. The van der Waals surface area contributed by atoms with Crippen LogP contribution in [0, 0.1) is 22.7 Å². The molecular weight excluding hydrogens is 745 g/mol. The Labute approximate surface area is 325 Å². The molecule has 12 nitrogen and oxygen atoms in total. The molecule has 4 fully saturated rings. The number of fused-ring (bicyclic) bond motifs is 3. The number of para-hydroxylation sites is 2. The van der Waals surface area contributed by atoms with Gasteiger partial charge in [0.25, 0.3) is 5.92 Å². The number of carbonyl (C=O) groups is 5.